The summed E-state index contributed by atoms with van der Waals surface area (Å²) in [4.78, 5) is 3.10. The smallest absolute Gasteiger partial charge is 0.0447 e. The maximum Gasteiger partial charge on any atom is 0.0447 e. The second-order valence-electron chi connectivity index (χ2n) is 2.77. The molecule has 0 aromatic carbocycles. The van der Waals surface area contributed by atoms with Crippen molar-refractivity contribution in [3.8, 4) is 0 Å². The van der Waals surface area contributed by atoms with Crippen LogP contribution in [0.2, 0.25) is 0 Å². The van der Waals surface area contributed by atoms with Crippen molar-refractivity contribution in [3.63, 3.8) is 0 Å². The summed E-state index contributed by atoms with van der Waals surface area (Å²) < 4.78 is 0. The first-order valence-electron chi connectivity index (χ1n) is 3.68. The molecule has 1 aromatic rings. The van der Waals surface area contributed by atoms with E-state index in [9.17, 15) is 0 Å². The van der Waals surface area contributed by atoms with Crippen LogP contribution in [-0.4, -0.2) is 4.98 Å². The third-order valence-corrected chi connectivity index (χ3v) is 1.46. The summed E-state index contributed by atoms with van der Waals surface area (Å²) >= 11 is 0. The number of hydrogen-bond donors (Lipinski definition) is 1. The van der Waals surface area contributed by atoms with Gasteiger partial charge in [0, 0.05) is 11.9 Å². The van der Waals surface area contributed by atoms with E-state index in [0.717, 1.165) is 5.69 Å². The molecule has 0 aliphatic carbocycles. The highest BCUT2D eigenvalue weighted by Gasteiger charge is 1.94. The molecule has 1 rings (SSSR count). The first kappa shape index (κ1) is 7.86. The number of hydrogen-bond acceptors (Lipinski definition) is 0. The van der Waals surface area contributed by atoms with Crippen molar-refractivity contribution in [1.82, 2.24) is 4.98 Å². The van der Waals surface area contributed by atoms with Gasteiger partial charge in [-0.25, -0.2) is 0 Å². The molecule has 11 heavy (non-hydrogen) atoms. The summed E-state index contributed by atoms with van der Waals surface area (Å²) in [6.45, 7) is 7.88. The van der Waals surface area contributed by atoms with Crippen molar-refractivity contribution >= 4 is 12.2 Å². The lowest BCUT2D eigenvalue weighted by Crippen LogP contribution is -1.74. The minimum atomic E-state index is 1.09. The van der Waals surface area contributed by atoms with Crippen LogP contribution in [-0.2, 0) is 0 Å². The predicted octanol–water partition coefficient (Wildman–Crippen LogP) is 3.08. The lowest BCUT2D eigenvalue weighted by atomic mass is 10.2. The van der Waals surface area contributed by atoms with Crippen molar-refractivity contribution in [2.75, 3.05) is 0 Å². The normalized spacial score (nSPS) is 9.27. The number of aromatic nitrogens is 1. The average Bonchev–Trinajstić information content (AvgIpc) is 2.34. The fraction of sp³-hybridized carbons (Fsp3) is 0.200. The van der Waals surface area contributed by atoms with Gasteiger partial charge in [0.2, 0.25) is 0 Å². The van der Waals surface area contributed by atoms with E-state index in [0.29, 0.717) is 0 Å². The fourth-order valence-electron chi connectivity index (χ4n) is 1.01. The Morgan fingerprint density at radius 2 is 2.27 bits per heavy atom. The molecule has 0 amide bonds. The molecule has 1 heterocycles. The van der Waals surface area contributed by atoms with Gasteiger partial charge in [0.15, 0.2) is 0 Å². The lowest BCUT2D eigenvalue weighted by Gasteiger charge is -1.91. The Hall–Kier alpha value is -1.24. The SMILES string of the molecule is C=Cc1[nH]ccc1C=C(C)C. The van der Waals surface area contributed by atoms with Gasteiger partial charge in [-0.15, -0.1) is 0 Å². The van der Waals surface area contributed by atoms with E-state index < -0.39 is 0 Å². The molecule has 0 unspecified atom stereocenters. The monoisotopic (exact) mass is 147 g/mol. The molecule has 1 nitrogen and oxygen atoms in total. The van der Waals surface area contributed by atoms with E-state index in [4.69, 9.17) is 0 Å². The lowest BCUT2D eigenvalue weighted by molar-refractivity contribution is 1.37. The molecule has 1 aromatic heterocycles. The van der Waals surface area contributed by atoms with Gasteiger partial charge in [-0.3, -0.25) is 0 Å². The van der Waals surface area contributed by atoms with Crippen LogP contribution < -0.4 is 0 Å². The molecule has 0 saturated heterocycles. The number of H-pyrrole nitrogens is 1. The second-order valence-corrected chi connectivity index (χ2v) is 2.77. The molecule has 0 aliphatic rings. The van der Waals surface area contributed by atoms with Crippen LogP contribution in [0.15, 0.2) is 24.4 Å². The van der Waals surface area contributed by atoms with Crippen molar-refractivity contribution in [3.05, 3.63) is 35.7 Å². The molecule has 0 bridgehead atoms. The van der Waals surface area contributed by atoms with Gasteiger partial charge in [0.25, 0.3) is 0 Å². The minimum absolute atomic E-state index is 1.09. The standard InChI is InChI=1S/C10H13N/c1-4-10-9(5-6-11-10)7-8(2)3/h4-7,11H,1H2,2-3H3. The van der Waals surface area contributed by atoms with Crippen LogP contribution in [0.1, 0.15) is 25.1 Å². The number of allylic oxidation sites excluding steroid dienone is 1. The Morgan fingerprint density at radius 3 is 2.82 bits per heavy atom. The Labute approximate surface area is 67.5 Å². The summed E-state index contributed by atoms with van der Waals surface area (Å²) in [5, 5.41) is 0. The molecule has 0 saturated carbocycles. The molecule has 58 valence electrons. The molecule has 0 radical (unpaired) electrons. The van der Waals surface area contributed by atoms with Crippen molar-refractivity contribution in [2.24, 2.45) is 0 Å². The highest BCUT2D eigenvalue weighted by atomic mass is 14.7. The van der Waals surface area contributed by atoms with E-state index in [1.807, 2.05) is 18.3 Å². The molecule has 0 aliphatic heterocycles. The maximum atomic E-state index is 3.71. The first-order valence-corrected chi connectivity index (χ1v) is 3.68. The highest BCUT2D eigenvalue weighted by molar-refractivity contribution is 5.63. The zero-order valence-electron chi connectivity index (χ0n) is 7.02. The van der Waals surface area contributed by atoms with Gasteiger partial charge in [-0.2, -0.15) is 0 Å². The fourth-order valence-corrected chi connectivity index (χ4v) is 1.01. The Kier molecular flexibility index (Phi) is 2.32. The molecular weight excluding hydrogens is 134 g/mol. The van der Waals surface area contributed by atoms with Crippen LogP contribution in [0.5, 0.6) is 0 Å². The van der Waals surface area contributed by atoms with Gasteiger partial charge in [0.1, 0.15) is 0 Å². The van der Waals surface area contributed by atoms with Gasteiger partial charge in [-0.1, -0.05) is 18.2 Å². The third kappa shape index (κ3) is 1.84. The zero-order valence-corrected chi connectivity index (χ0v) is 7.02. The second kappa shape index (κ2) is 3.24. The zero-order chi connectivity index (χ0) is 8.27. The van der Waals surface area contributed by atoms with Gasteiger partial charge in [-0.05, 0) is 31.6 Å². The number of nitrogens with one attached hydrogen (secondary N) is 1. The van der Waals surface area contributed by atoms with E-state index >= 15 is 0 Å². The first-order chi connectivity index (χ1) is 5.24. The van der Waals surface area contributed by atoms with Crippen LogP contribution in [0, 0.1) is 0 Å². The molecule has 0 fully saturated rings. The molecule has 1 heteroatoms. The molecule has 1 N–H and O–H groups in total. The Bertz CT molecular complexity index is 275. The van der Waals surface area contributed by atoms with Crippen LogP contribution in [0.25, 0.3) is 12.2 Å². The molecule has 0 atom stereocenters. The summed E-state index contributed by atoms with van der Waals surface area (Å²) in [7, 11) is 0. The summed E-state index contributed by atoms with van der Waals surface area (Å²) in [5.41, 5.74) is 3.60. The van der Waals surface area contributed by atoms with E-state index in [1.54, 1.807) is 0 Å². The van der Waals surface area contributed by atoms with E-state index in [2.05, 4.69) is 31.5 Å². The molecular formula is C10H13N. The van der Waals surface area contributed by atoms with Gasteiger partial charge >= 0.3 is 0 Å². The summed E-state index contributed by atoms with van der Waals surface area (Å²) in [6.07, 6.45) is 5.88. The number of rotatable bonds is 2. The van der Waals surface area contributed by atoms with Gasteiger partial charge in [0.05, 0.1) is 0 Å². The van der Waals surface area contributed by atoms with Crippen molar-refractivity contribution < 1.29 is 0 Å². The average molecular weight is 147 g/mol. The Balaban J connectivity index is 3.03. The Morgan fingerprint density at radius 1 is 1.55 bits per heavy atom. The minimum Gasteiger partial charge on any atom is -0.361 e. The molecule has 0 spiro atoms. The largest absolute Gasteiger partial charge is 0.361 e. The van der Waals surface area contributed by atoms with E-state index in [-0.39, 0.29) is 0 Å². The number of aromatic amines is 1. The van der Waals surface area contributed by atoms with Crippen LogP contribution in [0.3, 0.4) is 0 Å². The summed E-state index contributed by atoms with van der Waals surface area (Å²) in [6, 6.07) is 2.05. The maximum absolute atomic E-state index is 3.71. The third-order valence-electron chi connectivity index (χ3n) is 1.46. The predicted molar refractivity (Wildman–Crippen MR) is 50.2 cm³/mol. The summed E-state index contributed by atoms with van der Waals surface area (Å²) in [5.74, 6) is 0. The van der Waals surface area contributed by atoms with Gasteiger partial charge < -0.3 is 4.98 Å². The quantitative estimate of drug-likeness (QED) is 0.661. The van der Waals surface area contributed by atoms with Crippen LogP contribution in [0.4, 0.5) is 0 Å². The van der Waals surface area contributed by atoms with Crippen LogP contribution >= 0.6 is 0 Å². The highest BCUT2D eigenvalue weighted by Crippen LogP contribution is 2.11. The van der Waals surface area contributed by atoms with Crippen molar-refractivity contribution in [2.45, 2.75) is 13.8 Å². The van der Waals surface area contributed by atoms with E-state index in [1.165, 1.54) is 11.1 Å². The van der Waals surface area contributed by atoms with Crippen molar-refractivity contribution in [1.29, 1.82) is 0 Å². The topological polar surface area (TPSA) is 15.8 Å².